The van der Waals surface area contributed by atoms with Crippen molar-refractivity contribution in [2.45, 2.75) is 39.8 Å². The van der Waals surface area contributed by atoms with Crippen molar-refractivity contribution in [3.8, 4) is 11.5 Å². The van der Waals surface area contributed by atoms with E-state index < -0.39 is 0 Å². The smallest absolute Gasteiger partial charge is 0.252 e. The number of methoxy groups -OCH3 is 1. The monoisotopic (exact) mass is 457 g/mol. The molecule has 0 radical (unpaired) electrons. The predicted molar refractivity (Wildman–Crippen MR) is 135 cm³/mol. The number of amides is 1. The summed E-state index contributed by atoms with van der Waals surface area (Å²) < 4.78 is 13.5. The van der Waals surface area contributed by atoms with Crippen molar-refractivity contribution in [1.29, 1.82) is 0 Å². The second-order valence-corrected chi connectivity index (χ2v) is 8.48. The van der Waals surface area contributed by atoms with Crippen LogP contribution in [0.4, 0.5) is 0 Å². The standard InChI is InChI=1S/C28H31N3O3/c1-19-14-15-22(20(2)18-19)28(32)29-21(3)27-30-23-10-5-6-11-24(23)31(27)16-9-17-34-26-13-8-7-12-25(26)33-4/h5-8,10-15,18,21H,9,16-17H2,1-4H3,(H,29,32). The molecule has 0 saturated carbocycles. The van der Waals surface area contributed by atoms with E-state index in [4.69, 9.17) is 14.5 Å². The van der Waals surface area contributed by atoms with E-state index in [1.807, 2.05) is 81.4 Å². The zero-order valence-corrected chi connectivity index (χ0v) is 20.2. The number of hydrogen-bond acceptors (Lipinski definition) is 4. The number of aromatic nitrogens is 2. The maximum atomic E-state index is 13.0. The molecule has 4 rings (SSSR count). The molecule has 1 N–H and O–H groups in total. The molecule has 4 aromatic rings. The lowest BCUT2D eigenvalue weighted by molar-refractivity contribution is 0.0937. The molecular weight excluding hydrogens is 426 g/mol. The van der Waals surface area contributed by atoms with Crippen LogP contribution in [0, 0.1) is 13.8 Å². The van der Waals surface area contributed by atoms with E-state index in [1.165, 1.54) is 0 Å². The Morgan fingerprint density at radius 3 is 2.53 bits per heavy atom. The molecule has 0 aliphatic rings. The molecule has 0 bridgehead atoms. The number of carbonyl (C=O) groups excluding carboxylic acids is 1. The largest absolute Gasteiger partial charge is 0.493 e. The van der Waals surface area contributed by atoms with Crippen LogP contribution in [0.3, 0.4) is 0 Å². The van der Waals surface area contributed by atoms with Gasteiger partial charge in [-0.3, -0.25) is 4.79 Å². The molecule has 1 amide bonds. The van der Waals surface area contributed by atoms with Gasteiger partial charge in [-0.05, 0) is 63.1 Å². The Bertz CT molecular complexity index is 1300. The molecule has 1 aromatic heterocycles. The summed E-state index contributed by atoms with van der Waals surface area (Å²) in [5, 5.41) is 3.14. The minimum atomic E-state index is -0.254. The molecule has 6 heteroatoms. The number of aryl methyl sites for hydroxylation is 3. The van der Waals surface area contributed by atoms with Crippen molar-refractivity contribution in [2.75, 3.05) is 13.7 Å². The van der Waals surface area contributed by atoms with Crippen molar-refractivity contribution in [3.63, 3.8) is 0 Å². The van der Waals surface area contributed by atoms with Gasteiger partial charge in [0.15, 0.2) is 11.5 Å². The Labute approximate surface area is 200 Å². The first-order chi connectivity index (χ1) is 16.5. The van der Waals surface area contributed by atoms with Crippen molar-refractivity contribution in [2.24, 2.45) is 0 Å². The van der Waals surface area contributed by atoms with Crippen LogP contribution in [-0.4, -0.2) is 29.2 Å². The lowest BCUT2D eigenvalue weighted by Gasteiger charge is -2.17. The predicted octanol–water partition coefficient (Wildman–Crippen LogP) is 5.62. The van der Waals surface area contributed by atoms with Gasteiger partial charge in [-0.2, -0.15) is 0 Å². The van der Waals surface area contributed by atoms with Crippen LogP contribution in [0.5, 0.6) is 11.5 Å². The van der Waals surface area contributed by atoms with E-state index in [2.05, 4.69) is 16.0 Å². The topological polar surface area (TPSA) is 65.4 Å². The summed E-state index contributed by atoms with van der Waals surface area (Å²) in [6, 6.07) is 21.3. The lowest BCUT2D eigenvalue weighted by atomic mass is 10.0. The molecule has 176 valence electrons. The van der Waals surface area contributed by atoms with E-state index in [0.717, 1.165) is 52.4 Å². The van der Waals surface area contributed by atoms with E-state index in [1.54, 1.807) is 7.11 Å². The van der Waals surface area contributed by atoms with E-state index >= 15 is 0 Å². The van der Waals surface area contributed by atoms with Gasteiger partial charge in [0.2, 0.25) is 0 Å². The SMILES string of the molecule is COc1ccccc1OCCCn1c(C(C)NC(=O)c2ccc(C)cc2C)nc2ccccc21. The lowest BCUT2D eigenvalue weighted by Crippen LogP contribution is -2.29. The van der Waals surface area contributed by atoms with Crippen molar-refractivity contribution in [3.05, 3.63) is 89.2 Å². The van der Waals surface area contributed by atoms with E-state index in [9.17, 15) is 4.79 Å². The molecule has 0 aliphatic carbocycles. The average Bonchev–Trinajstić information content (AvgIpc) is 3.20. The van der Waals surface area contributed by atoms with Crippen molar-refractivity contribution < 1.29 is 14.3 Å². The Morgan fingerprint density at radius 1 is 1.03 bits per heavy atom. The van der Waals surface area contributed by atoms with Crippen LogP contribution < -0.4 is 14.8 Å². The second kappa shape index (κ2) is 10.4. The third kappa shape index (κ3) is 5.06. The van der Waals surface area contributed by atoms with Crippen LogP contribution in [0.1, 0.15) is 46.7 Å². The number of carbonyl (C=O) groups is 1. The van der Waals surface area contributed by atoms with Gasteiger partial charge in [0, 0.05) is 12.1 Å². The van der Waals surface area contributed by atoms with Gasteiger partial charge < -0.3 is 19.4 Å². The zero-order chi connectivity index (χ0) is 24.1. The van der Waals surface area contributed by atoms with Crippen LogP contribution in [0.15, 0.2) is 66.7 Å². The number of para-hydroxylation sites is 4. The summed E-state index contributed by atoms with van der Waals surface area (Å²) in [6.07, 6.45) is 0.781. The first kappa shape index (κ1) is 23.4. The zero-order valence-electron chi connectivity index (χ0n) is 20.2. The highest BCUT2D eigenvalue weighted by molar-refractivity contribution is 5.96. The van der Waals surface area contributed by atoms with Crippen LogP contribution in [0.2, 0.25) is 0 Å². The molecule has 0 spiro atoms. The maximum Gasteiger partial charge on any atom is 0.252 e. The number of fused-ring (bicyclic) bond motifs is 1. The fourth-order valence-corrected chi connectivity index (χ4v) is 4.21. The number of ether oxygens (including phenoxy) is 2. The van der Waals surface area contributed by atoms with Crippen LogP contribution in [-0.2, 0) is 6.54 Å². The Hall–Kier alpha value is -3.80. The van der Waals surface area contributed by atoms with Crippen LogP contribution >= 0.6 is 0 Å². The van der Waals surface area contributed by atoms with Gasteiger partial charge in [-0.25, -0.2) is 4.98 Å². The second-order valence-electron chi connectivity index (χ2n) is 8.48. The number of nitrogens with one attached hydrogen (secondary N) is 1. The number of benzene rings is 3. The molecule has 0 saturated heterocycles. The van der Waals surface area contributed by atoms with E-state index in [-0.39, 0.29) is 11.9 Å². The molecule has 34 heavy (non-hydrogen) atoms. The molecular formula is C28H31N3O3. The maximum absolute atomic E-state index is 13.0. The molecule has 3 aromatic carbocycles. The highest BCUT2D eigenvalue weighted by atomic mass is 16.5. The first-order valence-electron chi connectivity index (χ1n) is 11.6. The number of imidazole rings is 1. The summed E-state index contributed by atoms with van der Waals surface area (Å²) in [7, 11) is 1.64. The van der Waals surface area contributed by atoms with Gasteiger partial charge in [0.25, 0.3) is 5.91 Å². The van der Waals surface area contributed by atoms with Crippen molar-refractivity contribution in [1.82, 2.24) is 14.9 Å². The fraction of sp³-hybridized carbons (Fsp3) is 0.286. The molecule has 1 heterocycles. The average molecular weight is 458 g/mol. The summed E-state index contributed by atoms with van der Waals surface area (Å²) in [6.45, 7) is 7.22. The van der Waals surface area contributed by atoms with Gasteiger partial charge in [0.05, 0.1) is 30.8 Å². The summed E-state index contributed by atoms with van der Waals surface area (Å²) >= 11 is 0. The highest BCUT2D eigenvalue weighted by Gasteiger charge is 2.20. The normalized spacial score (nSPS) is 11.9. The number of hydrogen-bond donors (Lipinski definition) is 1. The molecule has 1 unspecified atom stereocenters. The molecule has 1 atom stereocenters. The summed E-state index contributed by atoms with van der Waals surface area (Å²) in [4.78, 5) is 17.8. The Kier molecular flexibility index (Phi) is 7.16. The highest BCUT2D eigenvalue weighted by Crippen LogP contribution is 2.26. The Morgan fingerprint density at radius 2 is 1.76 bits per heavy atom. The third-order valence-electron chi connectivity index (χ3n) is 5.90. The molecule has 6 nitrogen and oxygen atoms in total. The fourth-order valence-electron chi connectivity index (χ4n) is 4.21. The molecule has 0 fully saturated rings. The van der Waals surface area contributed by atoms with Gasteiger partial charge in [0.1, 0.15) is 5.82 Å². The number of nitrogens with zero attached hydrogens (tertiary/aromatic N) is 2. The molecule has 0 aliphatic heterocycles. The van der Waals surface area contributed by atoms with Crippen molar-refractivity contribution >= 4 is 16.9 Å². The van der Waals surface area contributed by atoms with Gasteiger partial charge >= 0.3 is 0 Å². The summed E-state index contributed by atoms with van der Waals surface area (Å²) in [5.74, 6) is 2.19. The first-order valence-corrected chi connectivity index (χ1v) is 11.6. The van der Waals surface area contributed by atoms with Crippen LogP contribution in [0.25, 0.3) is 11.0 Å². The minimum absolute atomic E-state index is 0.0943. The van der Waals surface area contributed by atoms with Gasteiger partial charge in [-0.15, -0.1) is 0 Å². The third-order valence-corrected chi connectivity index (χ3v) is 5.90. The Balaban J connectivity index is 1.49. The minimum Gasteiger partial charge on any atom is -0.493 e. The number of rotatable bonds is 9. The summed E-state index contributed by atoms with van der Waals surface area (Å²) in [5.41, 5.74) is 4.74. The van der Waals surface area contributed by atoms with E-state index in [0.29, 0.717) is 12.2 Å². The van der Waals surface area contributed by atoms with Gasteiger partial charge in [-0.1, -0.05) is 42.0 Å². The quantitative estimate of drug-likeness (QED) is 0.331.